The predicted molar refractivity (Wildman–Crippen MR) is 83.0 cm³/mol. The average Bonchev–Trinajstić information content (AvgIpc) is 2.41. The summed E-state index contributed by atoms with van der Waals surface area (Å²) in [5, 5.41) is 9.06. The zero-order valence-electron chi connectivity index (χ0n) is 10.6. The first-order chi connectivity index (χ1) is 9.31. The summed E-state index contributed by atoms with van der Waals surface area (Å²) in [6.45, 7) is 0. The van der Waals surface area contributed by atoms with Crippen LogP contribution in [0.3, 0.4) is 0 Å². The number of carboxylic acid groups (broad SMARTS) is 1. The number of nitrogens with two attached hydrogens (primary N) is 3. The van der Waals surface area contributed by atoms with Crippen molar-refractivity contribution in [3.05, 3.63) is 0 Å². The van der Waals surface area contributed by atoms with Crippen LogP contribution in [0.5, 0.6) is 0 Å². The van der Waals surface area contributed by atoms with Crippen molar-refractivity contribution < 1.29 is 19.5 Å². The third kappa shape index (κ3) is 7.36. The lowest BCUT2D eigenvalue weighted by molar-refractivity contribution is -0.145. The Kier molecular flexibility index (Phi) is 10.1. The van der Waals surface area contributed by atoms with Gasteiger partial charge in [-0.25, -0.2) is 10.9 Å². The first kappa shape index (κ1) is 19.5. The highest BCUT2D eigenvalue weighted by Crippen LogP contribution is 2.22. The first-order valence-electron chi connectivity index (χ1n) is 5.52. The summed E-state index contributed by atoms with van der Waals surface area (Å²) >= 11 is 3.87. The molecule has 0 rings (SSSR count). The molecular weight excluding hydrogens is 324 g/mol. The molecule has 0 aromatic carbocycles. The molecule has 116 valence electrons. The number of carbonyl (C=O) groups excluding carboxylic acids is 2. The molecule has 7 N–H and O–H groups in total. The van der Waals surface area contributed by atoms with Gasteiger partial charge in [0.15, 0.2) is 0 Å². The average molecular weight is 342 g/mol. The number of aliphatic carboxylic acids is 1. The van der Waals surface area contributed by atoms with Gasteiger partial charge < -0.3 is 16.6 Å². The number of amides is 2. The van der Waals surface area contributed by atoms with Crippen molar-refractivity contribution in [1.29, 1.82) is 0 Å². The molecule has 0 saturated heterocycles. The number of hydrogen-bond acceptors (Lipinski definition) is 9. The number of imide groups is 1. The fourth-order valence-electron chi connectivity index (χ4n) is 0.903. The summed E-state index contributed by atoms with van der Waals surface area (Å²) in [4.78, 5) is 33.5. The van der Waals surface area contributed by atoms with E-state index in [1.807, 2.05) is 0 Å². The molecule has 0 radical (unpaired) electrons. The van der Waals surface area contributed by atoms with Crippen LogP contribution in [0.2, 0.25) is 0 Å². The van der Waals surface area contributed by atoms with Crippen molar-refractivity contribution in [2.75, 3.05) is 17.3 Å². The zero-order chi connectivity index (χ0) is 15.7. The summed E-state index contributed by atoms with van der Waals surface area (Å²) in [5.74, 6) is 3.68. The second kappa shape index (κ2) is 10.3. The quantitative estimate of drug-likeness (QED) is 0.0855. The van der Waals surface area contributed by atoms with E-state index < -0.39 is 29.9 Å². The zero-order valence-corrected chi connectivity index (χ0v) is 13.1. The van der Waals surface area contributed by atoms with Gasteiger partial charge >= 0.3 is 5.97 Å². The maximum Gasteiger partial charge on any atom is 0.321 e. The summed E-state index contributed by atoms with van der Waals surface area (Å²) in [7, 11) is 2.38. The molecule has 2 atom stereocenters. The van der Waals surface area contributed by atoms with Crippen LogP contribution in [0.4, 0.5) is 0 Å². The number of carboxylic acids is 1. The van der Waals surface area contributed by atoms with Crippen molar-refractivity contribution in [1.82, 2.24) is 5.01 Å². The molecule has 0 bridgehead atoms. The van der Waals surface area contributed by atoms with Crippen molar-refractivity contribution in [2.45, 2.75) is 18.5 Å². The number of rotatable bonds is 9. The van der Waals surface area contributed by atoms with Gasteiger partial charge in [-0.05, 0) is 5.75 Å². The van der Waals surface area contributed by atoms with Crippen molar-refractivity contribution >= 4 is 52.0 Å². The summed E-state index contributed by atoms with van der Waals surface area (Å²) in [5.41, 5.74) is 10.9. The van der Waals surface area contributed by atoms with Crippen LogP contribution in [0.15, 0.2) is 0 Å². The monoisotopic (exact) mass is 342 g/mol. The molecule has 0 aliphatic heterocycles. The first-order valence-corrected chi connectivity index (χ1v) is 8.64. The van der Waals surface area contributed by atoms with Crippen LogP contribution in [0, 0.1) is 0 Å². The Morgan fingerprint density at radius 3 is 2.10 bits per heavy atom. The molecule has 0 heterocycles. The fraction of sp³-hybridized carbons (Fsp3) is 0.667. The second-order valence-corrected chi connectivity index (χ2v) is 6.70. The van der Waals surface area contributed by atoms with Crippen molar-refractivity contribution in [2.24, 2.45) is 17.3 Å². The van der Waals surface area contributed by atoms with Gasteiger partial charge in [-0.15, -0.1) is 0 Å². The van der Waals surface area contributed by atoms with Gasteiger partial charge in [-0.3, -0.25) is 14.4 Å². The minimum atomic E-state index is -1.09. The van der Waals surface area contributed by atoms with Gasteiger partial charge in [-0.2, -0.15) is 12.6 Å². The van der Waals surface area contributed by atoms with Crippen LogP contribution in [-0.4, -0.2) is 57.2 Å². The van der Waals surface area contributed by atoms with Crippen LogP contribution in [0.25, 0.3) is 0 Å². The molecule has 20 heavy (non-hydrogen) atoms. The van der Waals surface area contributed by atoms with E-state index in [0.29, 0.717) is 5.01 Å². The lowest BCUT2D eigenvalue weighted by Gasteiger charge is -2.18. The molecule has 0 aliphatic rings. The number of thiol groups is 1. The predicted octanol–water partition coefficient (Wildman–Crippen LogP) is -1.34. The molecule has 0 unspecified atom stereocenters. The number of hydrazine groups is 1. The third-order valence-electron chi connectivity index (χ3n) is 2.04. The van der Waals surface area contributed by atoms with E-state index in [1.165, 1.54) is 21.6 Å². The Hall–Kier alpha value is -0.460. The van der Waals surface area contributed by atoms with Crippen LogP contribution in [-0.2, 0) is 14.4 Å². The molecule has 8 nitrogen and oxygen atoms in total. The van der Waals surface area contributed by atoms with E-state index in [2.05, 4.69) is 12.6 Å². The lowest BCUT2D eigenvalue weighted by atomic mass is 10.3. The standard InChI is InChI=1S/C9H18N4O4S3/c10-5(3-19-20-4-6(11)9(16)17)8(15)13(12)7(14)1-2-18/h5-6,18H,1-4,10-12H2,(H,16,17)/t5-,6-/m0/s1. The van der Waals surface area contributed by atoms with E-state index in [1.54, 1.807) is 0 Å². The van der Waals surface area contributed by atoms with Crippen molar-refractivity contribution in [3.8, 4) is 0 Å². The van der Waals surface area contributed by atoms with Crippen molar-refractivity contribution in [3.63, 3.8) is 0 Å². The highest BCUT2D eigenvalue weighted by molar-refractivity contribution is 8.76. The highest BCUT2D eigenvalue weighted by atomic mass is 33.1. The largest absolute Gasteiger partial charge is 0.480 e. The highest BCUT2D eigenvalue weighted by Gasteiger charge is 2.23. The van der Waals surface area contributed by atoms with E-state index in [9.17, 15) is 14.4 Å². The number of hydrogen-bond donors (Lipinski definition) is 5. The Morgan fingerprint density at radius 2 is 1.65 bits per heavy atom. The Bertz CT molecular complexity index is 358. The fourth-order valence-corrected chi connectivity index (χ4v) is 3.32. The number of nitrogens with zero attached hydrogens (tertiary/aromatic N) is 1. The minimum Gasteiger partial charge on any atom is -0.480 e. The van der Waals surface area contributed by atoms with E-state index in [4.69, 9.17) is 22.4 Å². The van der Waals surface area contributed by atoms with Gasteiger partial charge in [0.2, 0.25) is 5.91 Å². The Morgan fingerprint density at radius 1 is 1.15 bits per heavy atom. The molecule has 11 heteroatoms. The normalized spacial score (nSPS) is 13.6. The van der Waals surface area contributed by atoms with E-state index in [-0.39, 0.29) is 23.7 Å². The lowest BCUT2D eigenvalue weighted by Crippen LogP contribution is -2.51. The third-order valence-corrected chi connectivity index (χ3v) is 4.74. The summed E-state index contributed by atoms with van der Waals surface area (Å²) < 4.78 is 0. The topological polar surface area (TPSA) is 153 Å². The SMILES string of the molecule is N[C@@H](CSSC[C@H](N)C(=O)N(N)C(=O)CCS)C(=O)O. The van der Waals surface area contributed by atoms with Crippen LogP contribution >= 0.6 is 34.2 Å². The van der Waals surface area contributed by atoms with Gasteiger partial charge in [0, 0.05) is 17.9 Å². The molecule has 0 aromatic rings. The molecule has 0 aromatic heterocycles. The number of carbonyl (C=O) groups is 3. The van der Waals surface area contributed by atoms with Gasteiger partial charge in [0.1, 0.15) is 6.04 Å². The van der Waals surface area contributed by atoms with Crippen LogP contribution in [0.1, 0.15) is 6.42 Å². The summed E-state index contributed by atoms with van der Waals surface area (Å²) in [6, 6.07) is -1.91. The van der Waals surface area contributed by atoms with Gasteiger partial charge in [-0.1, -0.05) is 21.6 Å². The molecule has 0 saturated carbocycles. The molecule has 0 spiro atoms. The maximum absolute atomic E-state index is 11.7. The molecule has 0 fully saturated rings. The van der Waals surface area contributed by atoms with Gasteiger partial charge in [0.25, 0.3) is 5.91 Å². The molecule has 0 aliphatic carbocycles. The molecule has 2 amide bonds. The van der Waals surface area contributed by atoms with Crippen LogP contribution < -0.4 is 17.3 Å². The smallest absolute Gasteiger partial charge is 0.321 e. The Balaban J connectivity index is 4.02. The van der Waals surface area contributed by atoms with E-state index >= 15 is 0 Å². The molecular formula is C9H18N4O4S3. The Labute approximate surface area is 129 Å². The maximum atomic E-state index is 11.7. The van der Waals surface area contributed by atoms with E-state index in [0.717, 1.165) is 0 Å². The van der Waals surface area contributed by atoms with Gasteiger partial charge in [0.05, 0.1) is 6.04 Å². The minimum absolute atomic E-state index is 0.0490. The summed E-state index contributed by atoms with van der Waals surface area (Å²) in [6.07, 6.45) is 0.0490. The second-order valence-electron chi connectivity index (χ2n) is 3.70.